The summed E-state index contributed by atoms with van der Waals surface area (Å²) in [5.74, 6) is 1.35. The maximum Gasteiger partial charge on any atom is 0.0953 e. The number of likely N-dealkylation sites (tertiary alicyclic amines) is 1. The van der Waals surface area contributed by atoms with Crippen LogP contribution in [0.25, 0.3) is 0 Å². The summed E-state index contributed by atoms with van der Waals surface area (Å²) >= 11 is 1.87. The van der Waals surface area contributed by atoms with Gasteiger partial charge in [-0.1, -0.05) is 13.8 Å². The lowest BCUT2D eigenvalue weighted by molar-refractivity contribution is 0.178. The van der Waals surface area contributed by atoms with Gasteiger partial charge in [-0.3, -0.25) is 4.90 Å². The lowest BCUT2D eigenvalue weighted by atomic mass is 9.92. The number of nitrogens with zero attached hydrogens (tertiary/aromatic N) is 3. The Morgan fingerprint density at radius 2 is 2.14 bits per heavy atom. The van der Waals surface area contributed by atoms with E-state index >= 15 is 0 Å². The molecule has 0 bridgehead atoms. The molecule has 1 aliphatic rings. The Bertz CT molecular complexity index is 538. The van der Waals surface area contributed by atoms with E-state index in [0.717, 1.165) is 18.9 Å². The summed E-state index contributed by atoms with van der Waals surface area (Å²) in [7, 11) is 0. The molecule has 0 saturated carbocycles. The normalized spacial score (nSPS) is 17.7. The van der Waals surface area contributed by atoms with Crippen molar-refractivity contribution in [3.63, 3.8) is 0 Å². The number of H-pyrrole nitrogens is 1. The topological polar surface area (TPSA) is 44.8 Å². The molecule has 0 unspecified atom stereocenters. The first kappa shape index (κ1) is 14.7. The molecular weight excluding hydrogens is 280 g/mol. The molecule has 2 aromatic rings. The molecule has 2 aromatic heterocycles. The van der Waals surface area contributed by atoms with Gasteiger partial charge in [0.15, 0.2) is 0 Å². The summed E-state index contributed by atoms with van der Waals surface area (Å²) in [4.78, 5) is 15.8. The summed E-state index contributed by atoms with van der Waals surface area (Å²) < 4.78 is 0. The molecule has 3 heterocycles. The quantitative estimate of drug-likeness (QED) is 0.920. The van der Waals surface area contributed by atoms with Gasteiger partial charge in [-0.25, -0.2) is 9.97 Å². The summed E-state index contributed by atoms with van der Waals surface area (Å²) in [6.07, 6.45) is 9.52. The maximum absolute atomic E-state index is 4.53. The van der Waals surface area contributed by atoms with Crippen molar-refractivity contribution in [1.29, 1.82) is 0 Å². The fourth-order valence-electron chi connectivity index (χ4n) is 2.94. The van der Waals surface area contributed by atoms with Crippen LogP contribution < -0.4 is 0 Å². The van der Waals surface area contributed by atoms with Crippen LogP contribution in [0, 0.1) is 5.92 Å². The minimum Gasteiger partial charge on any atom is -0.348 e. The fourth-order valence-corrected chi connectivity index (χ4v) is 3.90. The zero-order valence-electron chi connectivity index (χ0n) is 12.9. The molecule has 21 heavy (non-hydrogen) atoms. The van der Waals surface area contributed by atoms with E-state index in [1.807, 2.05) is 17.5 Å². The molecule has 5 heteroatoms. The van der Waals surface area contributed by atoms with E-state index < -0.39 is 0 Å². The largest absolute Gasteiger partial charge is 0.348 e. The van der Waals surface area contributed by atoms with Crippen LogP contribution in [0.2, 0.25) is 0 Å². The predicted octanol–water partition coefficient (Wildman–Crippen LogP) is 3.44. The van der Waals surface area contributed by atoms with Crippen molar-refractivity contribution in [2.24, 2.45) is 5.92 Å². The summed E-state index contributed by atoms with van der Waals surface area (Å²) in [6, 6.07) is 0. The molecule has 0 spiro atoms. The van der Waals surface area contributed by atoms with Crippen LogP contribution in [0.5, 0.6) is 0 Å². The third-order valence-electron chi connectivity index (χ3n) is 4.22. The Hall–Kier alpha value is -1.20. The number of rotatable bonds is 5. The van der Waals surface area contributed by atoms with Crippen LogP contribution in [0.3, 0.4) is 0 Å². The minimum absolute atomic E-state index is 0.545. The van der Waals surface area contributed by atoms with Crippen molar-refractivity contribution in [3.05, 3.63) is 34.3 Å². The van der Waals surface area contributed by atoms with E-state index in [4.69, 9.17) is 0 Å². The first-order valence-electron chi connectivity index (χ1n) is 7.85. The molecule has 1 saturated heterocycles. The first-order chi connectivity index (χ1) is 10.2. The van der Waals surface area contributed by atoms with Crippen molar-refractivity contribution in [3.8, 4) is 0 Å². The number of hydrogen-bond donors (Lipinski definition) is 1. The smallest absolute Gasteiger partial charge is 0.0953 e. The van der Waals surface area contributed by atoms with E-state index in [1.54, 1.807) is 6.33 Å². The van der Waals surface area contributed by atoms with Gasteiger partial charge in [0.05, 0.1) is 11.3 Å². The van der Waals surface area contributed by atoms with Crippen LogP contribution in [-0.2, 0) is 13.0 Å². The zero-order valence-corrected chi connectivity index (χ0v) is 13.7. The minimum atomic E-state index is 0.545. The van der Waals surface area contributed by atoms with Crippen LogP contribution in [-0.4, -0.2) is 32.9 Å². The number of hydrogen-bond acceptors (Lipinski definition) is 4. The van der Waals surface area contributed by atoms with E-state index in [1.165, 1.54) is 41.5 Å². The molecular formula is C16H24N4S. The highest BCUT2D eigenvalue weighted by Gasteiger charge is 2.20. The number of aromatic amines is 1. The molecule has 114 valence electrons. The fraction of sp³-hybridized carbons (Fsp3) is 0.625. The van der Waals surface area contributed by atoms with Crippen molar-refractivity contribution in [1.82, 2.24) is 19.9 Å². The molecule has 0 aromatic carbocycles. The molecule has 4 nitrogen and oxygen atoms in total. The standard InChI is InChI=1S/C16H24N4S/c1-12(2)16-18-9-15(21-16)10-20-5-3-13(4-6-20)7-14-8-17-11-19-14/h8-9,11-13H,3-7,10H2,1-2H3,(H,17,19). The second kappa shape index (κ2) is 6.71. The Balaban J connectivity index is 1.47. The van der Waals surface area contributed by atoms with Gasteiger partial charge < -0.3 is 4.98 Å². The highest BCUT2D eigenvalue weighted by Crippen LogP contribution is 2.25. The highest BCUT2D eigenvalue weighted by atomic mass is 32.1. The van der Waals surface area contributed by atoms with Gasteiger partial charge in [-0.15, -0.1) is 11.3 Å². The van der Waals surface area contributed by atoms with Crippen molar-refractivity contribution in [2.45, 2.75) is 45.6 Å². The van der Waals surface area contributed by atoms with Gasteiger partial charge in [-0.05, 0) is 38.3 Å². The molecule has 1 fully saturated rings. The number of aromatic nitrogens is 3. The predicted molar refractivity (Wildman–Crippen MR) is 86.5 cm³/mol. The van der Waals surface area contributed by atoms with Gasteiger partial charge >= 0.3 is 0 Å². The van der Waals surface area contributed by atoms with Crippen LogP contribution in [0.1, 0.15) is 48.2 Å². The van der Waals surface area contributed by atoms with Gasteiger partial charge in [0.1, 0.15) is 0 Å². The van der Waals surface area contributed by atoms with Crippen LogP contribution >= 0.6 is 11.3 Å². The lowest BCUT2D eigenvalue weighted by Crippen LogP contribution is -2.33. The Morgan fingerprint density at radius 1 is 1.33 bits per heavy atom. The van der Waals surface area contributed by atoms with E-state index in [-0.39, 0.29) is 0 Å². The third kappa shape index (κ3) is 3.92. The third-order valence-corrected chi connectivity index (χ3v) is 5.50. The maximum atomic E-state index is 4.53. The molecule has 1 N–H and O–H groups in total. The molecule has 0 amide bonds. The summed E-state index contributed by atoms with van der Waals surface area (Å²) in [5, 5.41) is 1.26. The molecule has 0 radical (unpaired) electrons. The second-order valence-electron chi connectivity index (χ2n) is 6.32. The number of imidazole rings is 1. The van der Waals surface area contributed by atoms with Gasteiger partial charge in [0.2, 0.25) is 0 Å². The van der Waals surface area contributed by atoms with Gasteiger partial charge in [0, 0.05) is 35.4 Å². The molecule has 0 aliphatic carbocycles. The SMILES string of the molecule is CC(C)c1ncc(CN2CCC(Cc3cnc[nH]3)CC2)s1. The van der Waals surface area contributed by atoms with Crippen LogP contribution in [0.4, 0.5) is 0 Å². The number of thiazole rings is 1. The van der Waals surface area contributed by atoms with Crippen molar-refractivity contribution < 1.29 is 0 Å². The summed E-state index contributed by atoms with van der Waals surface area (Å²) in [5.41, 5.74) is 1.28. The van der Waals surface area contributed by atoms with E-state index in [9.17, 15) is 0 Å². The first-order valence-corrected chi connectivity index (χ1v) is 8.66. The Morgan fingerprint density at radius 3 is 2.76 bits per heavy atom. The van der Waals surface area contributed by atoms with Crippen LogP contribution in [0.15, 0.2) is 18.7 Å². The average Bonchev–Trinajstić information content (AvgIpc) is 3.12. The van der Waals surface area contributed by atoms with Gasteiger partial charge in [-0.2, -0.15) is 0 Å². The van der Waals surface area contributed by atoms with Gasteiger partial charge in [0.25, 0.3) is 0 Å². The number of piperidine rings is 1. The second-order valence-corrected chi connectivity index (χ2v) is 7.47. The molecule has 0 atom stereocenters. The summed E-state index contributed by atoms with van der Waals surface area (Å²) in [6.45, 7) is 7.90. The average molecular weight is 304 g/mol. The number of nitrogens with one attached hydrogen (secondary N) is 1. The van der Waals surface area contributed by atoms with Crippen molar-refractivity contribution in [2.75, 3.05) is 13.1 Å². The lowest BCUT2D eigenvalue weighted by Gasteiger charge is -2.31. The molecule has 1 aliphatic heterocycles. The zero-order chi connectivity index (χ0) is 14.7. The van der Waals surface area contributed by atoms with Crippen molar-refractivity contribution >= 4 is 11.3 Å². The monoisotopic (exact) mass is 304 g/mol. The highest BCUT2D eigenvalue weighted by molar-refractivity contribution is 7.11. The van der Waals surface area contributed by atoms with E-state index in [2.05, 4.69) is 39.9 Å². The Labute approximate surface area is 130 Å². The Kier molecular flexibility index (Phi) is 4.70. The van der Waals surface area contributed by atoms with E-state index in [0.29, 0.717) is 5.92 Å². The molecule has 3 rings (SSSR count).